The Morgan fingerprint density at radius 2 is 1.82 bits per heavy atom. The summed E-state index contributed by atoms with van der Waals surface area (Å²) in [7, 11) is 4.27. The number of cyclic esters (lactones) is 1. The number of phenols is 1. The molecule has 4 heterocycles. The highest BCUT2D eigenvalue weighted by molar-refractivity contribution is 5.89. The van der Waals surface area contributed by atoms with Crippen molar-refractivity contribution in [2.75, 3.05) is 14.1 Å². The molecule has 0 fully saturated rings. The van der Waals surface area contributed by atoms with E-state index in [-0.39, 0.29) is 24.3 Å². The number of esters is 1. The highest BCUT2D eigenvalue weighted by Crippen LogP contribution is 2.40. The largest absolute Gasteiger partial charge is 0.507 e. The van der Waals surface area contributed by atoms with E-state index in [9.17, 15) is 19.8 Å². The number of aromatic hydroxyl groups is 1. The normalized spacial score (nSPS) is 18.0. The van der Waals surface area contributed by atoms with Gasteiger partial charge < -0.3 is 24.0 Å². The lowest BCUT2D eigenvalue weighted by Gasteiger charge is -2.31. The first-order chi connectivity index (χ1) is 18.5. The average Bonchev–Trinajstić information content (AvgIpc) is 3.26. The second kappa shape index (κ2) is 8.76. The Morgan fingerprint density at radius 1 is 1.08 bits per heavy atom. The molecule has 2 aromatic heterocycles. The summed E-state index contributed by atoms with van der Waals surface area (Å²) < 4.78 is 7.42. The minimum atomic E-state index is -1.86. The number of benzene rings is 2. The van der Waals surface area contributed by atoms with E-state index in [1.807, 2.05) is 6.07 Å². The quantitative estimate of drug-likeness (QED) is 0.266. The molecule has 0 spiro atoms. The number of nitrogens with zero attached hydrogens (tertiary/aromatic N) is 3. The maximum Gasteiger partial charge on any atom is 0.343 e. The van der Waals surface area contributed by atoms with E-state index in [1.165, 1.54) is 11.1 Å². The second-order valence-corrected chi connectivity index (χ2v) is 11.5. The number of pyridine rings is 2. The Morgan fingerprint density at radius 3 is 2.54 bits per heavy atom. The van der Waals surface area contributed by atoms with Crippen molar-refractivity contribution in [1.29, 1.82) is 0 Å². The zero-order chi connectivity index (χ0) is 27.7. The Labute approximate surface area is 226 Å². The number of aromatic nitrogens is 2. The van der Waals surface area contributed by atoms with E-state index < -0.39 is 11.6 Å². The Kier molecular flexibility index (Phi) is 5.68. The van der Waals surface area contributed by atoms with E-state index in [2.05, 4.69) is 45.3 Å². The van der Waals surface area contributed by atoms with E-state index in [0.29, 0.717) is 45.6 Å². The van der Waals surface area contributed by atoms with Gasteiger partial charge >= 0.3 is 5.97 Å². The van der Waals surface area contributed by atoms with Crippen LogP contribution in [0.1, 0.15) is 46.7 Å². The lowest BCUT2D eigenvalue weighted by molar-refractivity contribution is -0.916. The molecule has 8 nitrogen and oxygen atoms in total. The topological polar surface area (TPSA) is 102 Å². The third-order valence-corrected chi connectivity index (χ3v) is 8.10. The van der Waals surface area contributed by atoms with Crippen molar-refractivity contribution in [3.8, 4) is 17.1 Å². The van der Waals surface area contributed by atoms with Crippen LogP contribution >= 0.6 is 0 Å². The molecular formula is C31H32N3O5+. The summed E-state index contributed by atoms with van der Waals surface area (Å²) in [5.74, 6) is -0.524. The molecule has 0 saturated heterocycles. The number of aliphatic hydroxyl groups is 1. The molecule has 8 heteroatoms. The third-order valence-electron chi connectivity index (χ3n) is 8.10. The maximum absolute atomic E-state index is 13.5. The molecule has 1 atom stereocenters. The predicted octanol–water partition coefficient (Wildman–Crippen LogP) is 3.87. The highest BCUT2D eigenvalue weighted by atomic mass is 16.6. The Balaban J connectivity index is 1.43. The molecule has 0 saturated carbocycles. The van der Waals surface area contributed by atoms with Crippen LogP contribution in [0.15, 0.2) is 53.3 Å². The number of ether oxygens (including phenoxy) is 1. The van der Waals surface area contributed by atoms with Crippen LogP contribution in [0.4, 0.5) is 0 Å². The van der Waals surface area contributed by atoms with Gasteiger partial charge in [0.1, 0.15) is 25.4 Å². The Hall–Kier alpha value is -4.01. The van der Waals surface area contributed by atoms with Gasteiger partial charge in [-0.2, -0.15) is 0 Å². The first kappa shape index (κ1) is 25.3. The fourth-order valence-corrected chi connectivity index (χ4v) is 5.94. The summed E-state index contributed by atoms with van der Waals surface area (Å²) in [6.07, 6.45) is 0.0962. The van der Waals surface area contributed by atoms with Gasteiger partial charge in [-0.05, 0) is 37.6 Å². The van der Waals surface area contributed by atoms with Gasteiger partial charge in [0.05, 0.1) is 48.7 Å². The van der Waals surface area contributed by atoms with Gasteiger partial charge in [0.2, 0.25) is 0 Å². The Bertz CT molecular complexity index is 1720. The molecule has 4 aromatic rings. The van der Waals surface area contributed by atoms with E-state index in [4.69, 9.17) is 9.72 Å². The minimum absolute atomic E-state index is 0.0962. The summed E-state index contributed by atoms with van der Waals surface area (Å²) in [6.45, 7) is 5.29. The van der Waals surface area contributed by atoms with Gasteiger partial charge in [-0.15, -0.1) is 0 Å². The number of fused-ring (bicyclic) bond motifs is 5. The third kappa shape index (κ3) is 4.02. The molecular weight excluding hydrogens is 494 g/mol. The number of aryl methyl sites for hydroxylation is 1. The fraction of sp³-hybridized carbons (Fsp3) is 0.323. The maximum atomic E-state index is 13.5. The van der Waals surface area contributed by atoms with Crippen LogP contribution in [0.5, 0.6) is 5.75 Å². The molecule has 39 heavy (non-hydrogen) atoms. The second-order valence-electron chi connectivity index (χ2n) is 11.5. The lowest BCUT2D eigenvalue weighted by Crippen LogP contribution is -2.44. The van der Waals surface area contributed by atoms with Gasteiger partial charge in [0.15, 0.2) is 5.60 Å². The number of carbonyl (C=O) groups excluding carboxylic acids is 1. The molecule has 0 aliphatic carbocycles. The van der Waals surface area contributed by atoms with Crippen molar-refractivity contribution < 1.29 is 24.2 Å². The molecule has 6 rings (SSSR count). The molecule has 0 amide bonds. The lowest BCUT2D eigenvalue weighted by atomic mass is 9.86. The van der Waals surface area contributed by atoms with Crippen molar-refractivity contribution in [3.05, 3.63) is 92.3 Å². The highest BCUT2D eigenvalue weighted by Gasteiger charge is 2.45. The van der Waals surface area contributed by atoms with Crippen LogP contribution in [0, 0.1) is 6.92 Å². The number of phenolic OH excluding ortho intramolecular Hbond substituents is 1. The molecule has 2 aliphatic heterocycles. The number of carbonyl (C=O) groups is 1. The van der Waals surface area contributed by atoms with Crippen LogP contribution in [0.2, 0.25) is 0 Å². The van der Waals surface area contributed by atoms with Crippen LogP contribution < -0.4 is 5.56 Å². The first-order valence-electron chi connectivity index (χ1n) is 13.2. The molecule has 2 aliphatic rings. The van der Waals surface area contributed by atoms with Crippen molar-refractivity contribution in [3.63, 3.8) is 0 Å². The summed E-state index contributed by atoms with van der Waals surface area (Å²) >= 11 is 0. The van der Waals surface area contributed by atoms with Gasteiger partial charge in [0, 0.05) is 22.1 Å². The zero-order valence-electron chi connectivity index (χ0n) is 22.6. The molecule has 2 N–H and O–H groups in total. The van der Waals surface area contributed by atoms with Crippen molar-refractivity contribution in [2.24, 2.45) is 0 Å². The smallest absolute Gasteiger partial charge is 0.343 e. The fourth-order valence-electron chi connectivity index (χ4n) is 5.94. The number of rotatable bonds is 5. The monoisotopic (exact) mass is 526 g/mol. The van der Waals surface area contributed by atoms with E-state index in [1.54, 1.807) is 29.7 Å². The van der Waals surface area contributed by atoms with Gasteiger partial charge in [-0.1, -0.05) is 36.8 Å². The summed E-state index contributed by atoms with van der Waals surface area (Å²) in [5.41, 5.74) is 4.47. The SMILES string of the molecule is CC[C@@]1(O)C(=O)OCc2c1cc1n(c2=O)Cc2cc3c(C[N+](C)(C)Cc4ccc(C)cc4)c(O)ccc3nc2-1. The first-order valence-corrected chi connectivity index (χ1v) is 13.2. The van der Waals surface area contributed by atoms with Crippen molar-refractivity contribution in [1.82, 2.24) is 9.55 Å². The number of hydrogen-bond acceptors (Lipinski definition) is 6. The van der Waals surface area contributed by atoms with Gasteiger partial charge in [-0.3, -0.25) is 4.79 Å². The van der Waals surface area contributed by atoms with Crippen molar-refractivity contribution >= 4 is 16.9 Å². The molecule has 0 radical (unpaired) electrons. The van der Waals surface area contributed by atoms with E-state index in [0.717, 1.165) is 23.1 Å². The standard InChI is InChI=1S/C31H31N3O5/c1-5-31(38)24-13-26-28-20(14-33(26)29(36)23(24)17-39-30(31)37)12-21-22(27(35)11-10-25(21)32-28)16-34(3,4)15-19-8-6-18(2)7-9-19/h6-13,38H,5,14-17H2,1-4H3/p+1/t31-/m0/s1. The van der Waals surface area contributed by atoms with Crippen LogP contribution in [-0.4, -0.2) is 44.3 Å². The van der Waals surface area contributed by atoms with Crippen LogP contribution in [0.25, 0.3) is 22.3 Å². The zero-order valence-corrected chi connectivity index (χ0v) is 22.6. The predicted molar refractivity (Wildman–Crippen MR) is 147 cm³/mol. The van der Waals surface area contributed by atoms with Gasteiger partial charge in [0.25, 0.3) is 5.56 Å². The molecule has 2 aromatic carbocycles. The van der Waals surface area contributed by atoms with Gasteiger partial charge in [-0.25, -0.2) is 9.78 Å². The summed E-state index contributed by atoms with van der Waals surface area (Å²) in [6, 6.07) is 15.7. The number of hydrogen-bond donors (Lipinski definition) is 2. The number of quaternary nitrogens is 1. The van der Waals surface area contributed by atoms with Crippen LogP contribution in [-0.2, 0) is 41.4 Å². The van der Waals surface area contributed by atoms with E-state index >= 15 is 0 Å². The minimum Gasteiger partial charge on any atom is -0.507 e. The summed E-state index contributed by atoms with van der Waals surface area (Å²) in [5, 5.41) is 22.9. The molecule has 200 valence electrons. The van der Waals surface area contributed by atoms with Crippen molar-refractivity contribution in [2.45, 2.75) is 52.1 Å². The molecule has 0 bridgehead atoms. The molecule has 0 unspecified atom stereocenters. The average molecular weight is 527 g/mol. The summed E-state index contributed by atoms with van der Waals surface area (Å²) in [4.78, 5) is 30.8. The van der Waals surface area contributed by atoms with Crippen LogP contribution in [0.3, 0.4) is 0 Å².